The number of unbranched alkanes of at least 4 members (excludes halogenated alkanes) is 3. The molecule has 0 fully saturated rings. The number of rotatable bonds is 9. The van der Waals surface area contributed by atoms with Crippen molar-refractivity contribution >= 4 is 44.7 Å². The number of nitrogens with one attached hydrogen (secondary N) is 1. The summed E-state index contributed by atoms with van der Waals surface area (Å²) in [5.74, 6) is 1.21. The highest BCUT2D eigenvalue weighted by Gasteiger charge is 2.20. The van der Waals surface area contributed by atoms with Crippen LogP contribution in [0.1, 0.15) is 25.7 Å². The van der Waals surface area contributed by atoms with E-state index in [1.807, 2.05) is 17.8 Å². The van der Waals surface area contributed by atoms with E-state index in [0.717, 1.165) is 24.1 Å². The number of benzene rings is 1. The van der Waals surface area contributed by atoms with Gasteiger partial charge in [-0.15, -0.1) is 11.3 Å². The third-order valence-corrected chi connectivity index (χ3v) is 4.74. The minimum atomic E-state index is -0.344. The van der Waals surface area contributed by atoms with Crippen LogP contribution in [0.4, 0.5) is 11.4 Å². The molecule has 0 atom stereocenters. The highest BCUT2D eigenvalue weighted by atomic mass is 32.2. The van der Waals surface area contributed by atoms with Crippen LogP contribution >= 0.6 is 23.1 Å². The van der Waals surface area contributed by atoms with Gasteiger partial charge in [-0.05, 0) is 37.0 Å². The molecule has 114 valence electrons. The van der Waals surface area contributed by atoms with Crippen molar-refractivity contribution in [2.45, 2.75) is 25.7 Å². The Kier molecular flexibility index (Phi) is 6.25. The Balaban J connectivity index is 1.92. The second-order valence-corrected chi connectivity index (χ2v) is 6.62. The van der Waals surface area contributed by atoms with Crippen molar-refractivity contribution in [3.05, 3.63) is 27.8 Å². The van der Waals surface area contributed by atoms with Gasteiger partial charge in [-0.2, -0.15) is 11.8 Å². The number of fused-ring (bicyclic) bond motifs is 1. The zero-order valence-corrected chi connectivity index (χ0v) is 13.6. The van der Waals surface area contributed by atoms with Crippen LogP contribution < -0.4 is 5.32 Å². The summed E-state index contributed by atoms with van der Waals surface area (Å²) in [5.41, 5.74) is 2.79. The van der Waals surface area contributed by atoms with Gasteiger partial charge in [-0.25, -0.2) is 4.98 Å². The Labute approximate surface area is 132 Å². The molecule has 1 aromatic carbocycles. The molecule has 0 aliphatic carbocycles. The summed E-state index contributed by atoms with van der Waals surface area (Å²) in [6, 6.07) is 3.67. The van der Waals surface area contributed by atoms with Crippen LogP contribution in [0.15, 0.2) is 17.6 Å². The Morgan fingerprint density at radius 1 is 1.33 bits per heavy atom. The van der Waals surface area contributed by atoms with Gasteiger partial charge in [0.2, 0.25) is 0 Å². The zero-order valence-electron chi connectivity index (χ0n) is 12.0. The van der Waals surface area contributed by atoms with Crippen molar-refractivity contribution in [2.75, 3.05) is 23.9 Å². The lowest BCUT2D eigenvalue weighted by atomic mass is 10.2. The van der Waals surface area contributed by atoms with E-state index in [2.05, 4.69) is 16.6 Å². The Morgan fingerprint density at radius 2 is 2.14 bits per heavy atom. The van der Waals surface area contributed by atoms with E-state index in [1.54, 1.807) is 11.6 Å². The number of hydrogen-bond donors (Lipinski definition) is 1. The van der Waals surface area contributed by atoms with Gasteiger partial charge in [-0.1, -0.05) is 12.8 Å². The molecule has 0 amide bonds. The number of anilines is 1. The van der Waals surface area contributed by atoms with E-state index in [1.165, 1.54) is 29.9 Å². The quantitative estimate of drug-likeness (QED) is 0.416. The maximum atomic E-state index is 11.3. The largest absolute Gasteiger partial charge is 0.379 e. The SMILES string of the molecule is CSCCCCCCNc1ccc2scnc2c1[N+](=O)[O-]. The summed E-state index contributed by atoms with van der Waals surface area (Å²) in [7, 11) is 0. The van der Waals surface area contributed by atoms with E-state index in [4.69, 9.17) is 0 Å². The topological polar surface area (TPSA) is 68.1 Å². The van der Waals surface area contributed by atoms with Gasteiger partial charge in [0.25, 0.3) is 0 Å². The molecule has 1 aromatic heterocycles. The smallest absolute Gasteiger partial charge is 0.319 e. The van der Waals surface area contributed by atoms with Crippen molar-refractivity contribution in [1.82, 2.24) is 4.98 Å². The molecule has 2 rings (SSSR count). The summed E-state index contributed by atoms with van der Waals surface area (Å²) < 4.78 is 0.851. The molecular formula is C14H19N3O2S2. The molecule has 0 bridgehead atoms. The van der Waals surface area contributed by atoms with Crippen LogP contribution in [0.2, 0.25) is 0 Å². The summed E-state index contributed by atoms with van der Waals surface area (Å²) in [4.78, 5) is 15.0. The molecule has 0 spiro atoms. The van der Waals surface area contributed by atoms with Gasteiger partial charge in [0.15, 0.2) is 5.52 Å². The van der Waals surface area contributed by atoms with Gasteiger partial charge in [0.1, 0.15) is 5.69 Å². The van der Waals surface area contributed by atoms with Crippen molar-refractivity contribution < 1.29 is 4.92 Å². The average Bonchev–Trinajstić information content (AvgIpc) is 2.93. The van der Waals surface area contributed by atoms with Crippen LogP contribution in [0.5, 0.6) is 0 Å². The number of thiazole rings is 1. The molecule has 1 heterocycles. The molecule has 5 nitrogen and oxygen atoms in total. The first-order valence-electron chi connectivity index (χ1n) is 6.97. The second-order valence-electron chi connectivity index (χ2n) is 4.75. The van der Waals surface area contributed by atoms with E-state index < -0.39 is 0 Å². The molecule has 2 aromatic rings. The first kappa shape index (κ1) is 16.0. The summed E-state index contributed by atoms with van der Waals surface area (Å²) in [6.07, 6.45) is 6.76. The highest BCUT2D eigenvalue weighted by molar-refractivity contribution is 7.98. The van der Waals surface area contributed by atoms with E-state index >= 15 is 0 Å². The lowest BCUT2D eigenvalue weighted by Crippen LogP contribution is -2.04. The van der Waals surface area contributed by atoms with Gasteiger partial charge in [0, 0.05) is 6.54 Å². The Bertz CT molecular complexity index is 601. The first-order valence-corrected chi connectivity index (χ1v) is 9.25. The minimum Gasteiger partial charge on any atom is -0.379 e. The van der Waals surface area contributed by atoms with Gasteiger partial charge in [0.05, 0.1) is 15.1 Å². The number of nitrogens with zero attached hydrogens (tertiary/aromatic N) is 2. The van der Waals surface area contributed by atoms with Crippen LogP contribution in [-0.2, 0) is 0 Å². The molecule has 1 N–H and O–H groups in total. The maximum absolute atomic E-state index is 11.3. The van der Waals surface area contributed by atoms with Crippen molar-refractivity contribution in [3.8, 4) is 0 Å². The second kappa shape index (κ2) is 8.19. The molecule has 0 saturated heterocycles. The lowest BCUT2D eigenvalue weighted by Gasteiger charge is -2.07. The molecule has 0 aliphatic heterocycles. The Hall–Kier alpha value is -1.34. The number of aromatic nitrogens is 1. The maximum Gasteiger partial charge on any atom is 0.319 e. The van der Waals surface area contributed by atoms with Crippen LogP contribution in [0.25, 0.3) is 10.2 Å². The monoisotopic (exact) mass is 325 g/mol. The molecular weight excluding hydrogens is 306 g/mol. The zero-order chi connectivity index (χ0) is 15.1. The first-order chi connectivity index (χ1) is 10.2. The van der Waals surface area contributed by atoms with Crippen molar-refractivity contribution in [1.29, 1.82) is 0 Å². The lowest BCUT2D eigenvalue weighted by molar-refractivity contribution is -0.382. The predicted molar refractivity (Wildman–Crippen MR) is 91.6 cm³/mol. The minimum absolute atomic E-state index is 0.0936. The molecule has 7 heteroatoms. The van der Waals surface area contributed by atoms with Gasteiger partial charge >= 0.3 is 5.69 Å². The van der Waals surface area contributed by atoms with Crippen LogP contribution in [-0.4, -0.2) is 28.5 Å². The number of hydrogen-bond acceptors (Lipinski definition) is 6. The third-order valence-electron chi connectivity index (χ3n) is 3.25. The third kappa shape index (κ3) is 4.31. The molecule has 0 saturated carbocycles. The number of nitro benzene ring substituents is 1. The van der Waals surface area contributed by atoms with E-state index in [9.17, 15) is 10.1 Å². The van der Waals surface area contributed by atoms with Crippen molar-refractivity contribution in [2.24, 2.45) is 0 Å². The van der Waals surface area contributed by atoms with E-state index in [0.29, 0.717) is 11.2 Å². The van der Waals surface area contributed by atoms with E-state index in [-0.39, 0.29) is 10.6 Å². The van der Waals surface area contributed by atoms with Crippen LogP contribution in [0.3, 0.4) is 0 Å². The van der Waals surface area contributed by atoms with Gasteiger partial charge < -0.3 is 5.32 Å². The fraction of sp³-hybridized carbons (Fsp3) is 0.500. The van der Waals surface area contributed by atoms with Gasteiger partial charge in [-0.3, -0.25) is 10.1 Å². The molecule has 0 aliphatic rings. The summed E-state index contributed by atoms with van der Waals surface area (Å²) in [5, 5.41) is 14.5. The van der Waals surface area contributed by atoms with Crippen molar-refractivity contribution in [3.63, 3.8) is 0 Å². The summed E-state index contributed by atoms with van der Waals surface area (Å²) in [6.45, 7) is 0.760. The average molecular weight is 325 g/mol. The number of thioether (sulfide) groups is 1. The van der Waals surface area contributed by atoms with Crippen LogP contribution in [0, 0.1) is 10.1 Å². The predicted octanol–water partition coefficient (Wildman–Crippen LogP) is 4.54. The fourth-order valence-corrected chi connectivity index (χ4v) is 3.36. The normalized spacial score (nSPS) is 10.9. The standard InChI is InChI=1S/C14H19N3O2S2/c1-20-9-5-3-2-4-8-15-11-6-7-12-13(16-10-21-12)14(11)17(18)19/h6-7,10,15H,2-5,8-9H2,1H3. The highest BCUT2D eigenvalue weighted by Crippen LogP contribution is 2.34. The molecule has 0 radical (unpaired) electrons. The molecule has 21 heavy (non-hydrogen) atoms. The fourth-order valence-electron chi connectivity index (χ4n) is 2.19. The summed E-state index contributed by atoms with van der Waals surface area (Å²) >= 11 is 3.29. The Morgan fingerprint density at radius 3 is 2.90 bits per heavy atom. The molecule has 0 unspecified atom stereocenters. The number of nitro groups is 1.